The number of rotatable bonds is 4. The number of carbonyl (C=O) groups excluding carboxylic acids is 1. The van der Waals surface area contributed by atoms with Gasteiger partial charge in [0.05, 0.1) is 6.61 Å². The number of hydrogen-bond donors (Lipinski definition) is 1. The molecule has 0 aliphatic carbocycles. The number of nitrogens with two attached hydrogens (primary N) is 1. The maximum absolute atomic E-state index is 11.8. The number of hydrogen-bond acceptors (Lipinski definition) is 4. The van der Waals surface area contributed by atoms with Crippen molar-refractivity contribution in [2.24, 2.45) is 5.73 Å². The van der Waals surface area contributed by atoms with Crippen LogP contribution in [0.1, 0.15) is 18.9 Å². The van der Waals surface area contributed by atoms with Gasteiger partial charge in [-0.2, -0.15) is 0 Å². The predicted octanol–water partition coefficient (Wildman–Crippen LogP) is 1.75. The smallest absolute Gasteiger partial charge is 0.410 e. The molecule has 1 aromatic carbocycles. The van der Waals surface area contributed by atoms with E-state index in [9.17, 15) is 4.79 Å². The van der Waals surface area contributed by atoms with Crippen LogP contribution in [0.25, 0.3) is 0 Å². The average molecular weight is 264 g/mol. The zero-order valence-corrected chi connectivity index (χ0v) is 11.2. The average Bonchev–Trinajstić information content (AvgIpc) is 2.85. The van der Waals surface area contributed by atoms with Gasteiger partial charge in [0.15, 0.2) is 0 Å². The van der Waals surface area contributed by atoms with Crippen molar-refractivity contribution in [1.29, 1.82) is 0 Å². The Morgan fingerprint density at radius 1 is 1.42 bits per heavy atom. The molecule has 1 saturated heterocycles. The van der Waals surface area contributed by atoms with Crippen molar-refractivity contribution in [3.05, 3.63) is 29.8 Å². The molecule has 1 aliphatic heterocycles. The molecular weight excluding hydrogens is 244 g/mol. The molecule has 1 fully saturated rings. The molecule has 2 N–H and O–H groups in total. The van der Waals surface area contributed by atoms with Crippen molar-refractivity contribution < 1.29 is 14.3 Å². The first kappa shape index (κ1) is 13.7. The van der Waals surface area contributed by atoms with Crippen LogP contribution in [0.3, 0.4) is 0 Å². The second-order valence-electron chi connectivity index (χ2n) is 4.63. The van der Waals surface area contributed by atoms with Crippen LogP contribution in [0.15, 0.2) is 24.3 Å². The monoisotopic (exact) mass is 264 g/mol. The maximum atomic E-state index is 11.8. The summed E-state index contributed by atoms with van der Waals surface area (Å²) in [6.45, 7) is 4.13. The minimum atomic E-state index is -0.290. The van der Waals surface area contributed by atoms with Crippen LogP contribution in [-0.4, -0.2) is 36.7 Å². The van der Waals surface area contributed by atoms with Crippen LogP contribution in [0.2, 0.25) is 0 Å². The number of benzene rings is 1. The molecule has 0 aromatic heterocycles. The molecule has 1 heterocycles. The first-order valence-electron chi connectivity index (χ1n) is 6.58. The van der Waals surface area contributed by atoms with Crippen molar-refractivity contribution >= 4 is 6.09 Å². The van der Waals surface area contributed by atoms with Crippen molar-refractivity contribution in [3.63, 3.8) is 0 Å². The predicted molar refractivity (Wildman–Crippen MR) is 72.0 cm³/mol. The summed E-state index contributed by atoms with van der Waals surface area (Å²) < 4.78 is 10.6. The molecule has 0 radical (unpaired) electrons. The number of carbonyl (C=O) groups is 1. The van der Waals surface area contributed by atoms with E-state index in [2.05, 4.69) is 0 Å². The minimum Gasteiger partial charge on any atom is -0.494 e. The van der Waals surface area contributed by atoms with E-state index in [0.717, 1.165) is 17.7 Å². The quantitative estimate of drug-likeness (QED) is 0.900. The van der Waals surface area contributed by atoms with Gasteiger partial charge in [-0.15, -0.1) is 0 Å². The largest absolute Gasteiger partial charge is 0.494 e. The van der Waals surface area contributed by atoms with Gasteiger partial charge in [0.1, 0.15) is 12.4 Å². The summed E-state index contributed by atoms with van der Waals surface area (Å²) in [6.07, 6.45) is 0.555. The first-order valence-corrected chi connectivity index (χ1v) is 6.58. The summed E-state index contributed by atoms with van der Waals surface area (Å²) in [5, 5.41) is 0. The number of ether oxygens (including phenoxy) is 2. The Hall–Kier alpha value is -1.75. The second kappa shape index (κ2) is 6.43. The Morgan fingerprint density at radius 3 is 2.74 bits per heavy atom. The maximum Gasteiger partial charge on any atom is 0.410 e. The molecule has 5 nitrogen and oxygen atoms in total. The van der Waals surface area contributed by atoms with Crippen LogP contribution in [0.5, 0.6) is 5.75 Å². The van der Waals surface area contributed by atoms with E-state index in [0.29, 0.717) is 19.7 Å². The Morgan fingerprint density at radius 2 is 2.16 bits per heavy atom. The standard InChI is InChI=1S/C14H20N2O3/c1-2-18-13-5-3-11(4-6-13)10-19-14(17)16-8-7-12(15)9-16/h3-6,12H,2,7-10,15H2,1H3. The van der Waals surface area contributed by atoms with Gasteiger partial charge >= 0.3 is 6.09 Å². The molecule has 104 valence electrons. The zero-order valence-electron chi connectivity index (χ0n) is 11.2. The van der Waals surface area contributed by atoms with Crippen LogP contribution in [0.4, 0.5) is 4.79 Å². The summed E-state index contributed by atoms with van der Waals surface area (Å²) in [5.74, 6) is 0.822. The van der Waals surface area contributed by atoms with E-state index in [1.165, 1.54) is 0 Å². The summed E-state index contributed by atoms with van der Waals surface area (Å²) in [6, 6.07) is 7.62. The van der Waals surface area contributed by atoms with Crippen LogP contribution in [-0.2, 0) is 11.3 Å². The third-order valence-corrected chi connectivity index (χ3v) is 3.08. The van der Waals surface area contributed by atoms with Crippen LogP contribution < -0.4 is 10.5 Å². The van der Waals surface area contributed by atoms with Gasteiger partial charge in [-0.05, 0) is 31.0 Å². The molecule has 0 bridgehead atoms. The van der Waals surface area contributed by atoms with Crippen LogP contribution >= 0.6 is 0 Å². The first-order chi connectivity index (χ1) is 9.19. The lowest BCUT2D eigenvalue weighted by atomic mass is 10.2. The molecule has 1 aliphatic rings. The summed E-state index contributed by atoms with van der Waals surface area (Å²) in [7, 11) is 0. The number of likely N-dealkylation sites (tertiary alicyclic amines) is 1. The van der Waals surface area contributed by atoms with Gasteiger partial charge in [0.25, 0.3) is 0 Å². The highest BCUT2D eigenvalue weighted by atomic mass is 16.6. The van der Waals surface area contributed by atoms with E-state index < -0.39 is 0 Å². The fourth-order valence-corrected chi connectivity index (χ4v) is 2.04. The number of amides is 1. The fourth-order valence-electron chi connectivity index (χ4n) is 2.04. The highest BCUT2D eigenvalue weighted by molar-refractivity contribution is 5.68. The molecule has 0 saturated carbocycles. The third kappa shape index (κ3) is 3.86. The van der Waals surface area contributed by atoms with Crippen molar-refractivity contribution in [2.45, 2.75) is 26.0 Å². The van der Waals surface area contributed by atoms with Crippen molar-refractivity contribution in [2.75, 3.05) is 19.7 Å². The highest BCUT2D eigenvalue weighted by Gasteiger charge is 2.24. The SMILES string of the molecule is CCOc1ccc(COC(=O)N2CCC(N)C2)cc1. The van der Waals surface area contributed by atoms with Gasteiger partial charge in [0, 0.05) is 19.1 Å². The van der Waals surface area contributed by atoms with E-state index in [1.54, 1.807) is 4.90 Å². The lowest BCUT2D eigenvalue weighted by Crippen LogP contribution is -2.32. The summed E-state index contributed by atoms with van der Waals surface area (Å²) >= 11 is 0. The molecule has 1 aromatic rings. The van der Waals surface area contributed by atoms with Crippen LogP contribution in [0, 0.1) is 0 Å². The van der Waals surface area contributed by atoms with Gasteiger partial charge in [-0.1, -0.05) is 12.1 Å². The molecule has 1 unspecified atom stereocenters. The molecule has 2 rings (SSSR count). The minimum absolute atomic E-state index is 0.0815. The summed E-state index contributed by atoms with van der Waals surface area (Å²) in [5.41, 5.74) is 6.70. The van der Waals surface area contributed by atoms with Crippen molar-refractivity contribution in [1.82, 2.24) is 4.90 Å². The molecule has 0 spiro atoms. The lowest BCUT2D eigenvalue weighted by Gasteiger charge is -2.15. The molecule has 1 amide bonds. The Balaban J connectivity index is 1.80. The fraction of sp³-hybridized carbons (Fsp3) is 0.500. The van der Waals surface area contributed by atoms with Gasteiger partial charge in [-0.3, -0.25) is 0 Å². The lowest BCUT2D eigenvalue weighted by molar-refractivity contribution is 0.104. The zero-order chi connectivity index (χ0) is 13.7. The Labute approximate surface area is 113 Å². The molecular formula is C14H20N2O3. The second-order valence-corrected chi connectivity index (χ2v) is 4.63. The van der Waals surface area contributed by atoms with Gasteiger partial charge in [0.2, 0.25) is 0 Å². The topological polar surface area (TPSA) is 64.8 Å². The molecule has 1 atom stereocenters. The van der Waals surface area contributed by atoms with E-state index >= 15 is 0 Å². The highest BCUT2D eigenvalue weighted by Crippen LogP contribution is 2.14. The Kier molecular flexibility index (Phi) is 4.63. The third-order valence-electron chi connectivity index (χ3n) is 3.08. The van der Waals surface area contributed by atoms with Crippen molar-refractivity contribution in [3.8, 4) is 5.75 Å². The van der Waals surface area contributed by atoms with Gasteiger partial charge < -0.3 is 20.1 Å². The normalized spacial score (nSPS) is 18.4. The van der Waals surface area contributed by atoms with E-state index in [4.69, 9.17) is 15.2 Å². The van der Waals surface area contributed by atoms with E-state index in [-0.39, 0.29) is 18.7 Å². The Bertz CT molecular complexity index is 419. The summed E-state index contributed by atoms with van der Waals surface area (Å²) in [4.78, 5) is 13.4. The van der Waals surface area contributed by atoms with E-state index in [1.807, 2.05) is 31.2 Å². The number of nitrogens with zero attached hydrogens (tertiary/aromatic N) is 1. The molecule has 5 heteroatoms. The van der Waals surface area contributed by atoms with Gasteiger partial charge in [-0.25, -0.2) is 4.79 Å². The molecule has 19 heavy (non-hydrogen) atoms.